The fourth-order valence-electron chi connectivity index (χ4n) is 3.34. The highest BCUT2D eigenvalue weighted by atomic mass is 28.3. The summed E-state index contributed by atoms with van der Waals surface area (Å²) in [6.45, 7) is 15.6. The average molecular weight is 382 g/mol. The number of aromatic nitrogens is 3. The summed E-state index contributed by atoms with van der Waals surface area (Å²) in [5.41, 5.74) is -2.02. The lowest BCUT2D eigenvalue weighted by molar-refractivity contribution is 0.0470. The maximum atomic E-state index is 12.6. The second-order valence-electron chi connectivity index (χ2n) is 6.44. The Bertz CT molecular complexity index is 746. The minimum Gasteiger partial charge on any atom is -0.361 e. The molecule has 26 heavy (non-hydrogen) atoms. The van der Waals surface area contributed by atoms with E-state index < -0.39 is 25.1 Å². The highest BCUT2D eigenvalue weighted by Gasteiger charge is 2.34. The molecule has 0 radical (unpaired) electrons. The molecule has 0 spiro atoms. The number of nitrogens with zero attached hydrogens (tertiary/aromatic N) is 3. The molecule has 0 fully saturated rings. The molecule has 0 aliphatic carbocycles. The van der Waals surface area contributed by atoms with E-state index in [4.69, 9.17) is 4.74 Å². The predicted octanol–water partition coefficient (Wildman–Crippen LogP) is 1.95. The Labute approximate surface area is 155 Å². The molecule has 0 saturated heterocycles. The summed E-state index contributed by atoms with van der Waals surface area (Å²) in [5, 5.41) is 0. The molecule has 0 N–H and O–H groups in total. The molecule has 0 aliphatic heterocycles. The van der Waals surface area contributed by atoms with Crippen LogP contribution in [-0.2, 0) is 24.6 Å². The summed E-state index contributed by atoms with van der Waals surface area (Å²) in [5.74, 6) is 0. The Kier molecular flexibility index (Phi) is 8.23. The van der Waals surface area contributed by atoms with Crippen molar-refractivity contribution in [3.05, 3.63) is 56.8 Å². The number of rotatable bonds is 11. The van der Waals surface area contributed by atoms with Gasteiger partial charge in [-0.3, -0.25) is 0 Å². The van der Waals surface area contributed by atoms with Crippen molar-refractivity contribution >= 4 is 8.07 Å². The van der Waals surface area contributed by atoms with Crippen molar-refractivity contribution in [2.24, 2.45) is 0 Å². The van der Waals surface area contributed by atoms with E-state index in [1.54, 1.807) is 0 Å². The molecule has 0 saturated carbocycles. The zero-order valence-corrected chi connectivity index (χ0v) is 17.4. The smallest absolute Gasteiger partial charge is 0.338 e. The second-order valence-corrected chi connectivity index (χ2v) is 12.1. The first kappa shape index (κ1) is 22.1. The summed E-state index contributed by atoms with van der Waals surface area (Å²) in [6, 6.07) is 3.23. The second kappa shape index (κ2) is 9.68. The Balaban J connectivity index is 3.34. The van der Waals surface area contributed by atoms with Crippen molar-refractivity contribution in [2.45, 2.75) is 71.4 Å². The molecule has 1 aromatic rings. The van der Waals surface area contributed by atoms with Crippen LogP contribution in [0.15, 0.2) is 39.7 Å². The van der Waals surface area contributed by atoms with Crippen LogP contribution in [0.3, 0.4) is 0 Å². The zero-order valence-electron chi connectivity index (χ0n) is 16.4. The Morgan fingerprint density at radius 3 is 1.62 bits per heavy atom. The molecule has 0 aromatic carbocycles. The first-order valence-corrected chi connectivity index (χ1v) is 11.8. The van der Waals surface area contributed by atoms with Gasteiger partial charge in [0.1, 0.15) is 6.73 Å². The zero-order chi connectivity index (χ0) is 19.9. The molecule has 1 aromatic heterocycles. The largest absolute Gasteiger partial charge is 0.361 e. The minimum absolute atomic E-state index is 0.00133. The summed E-state index contributed by atoms with van der Waals surface area (Å²) in [4.78, 5) is 37.6. The summed E-state index contributed by atoms with van der Waals surface area (Å²) >= 11 is 0. The van der Waals surface area contributed by atoms with Gasteiger partial charge in [-0.2, -0.15) is 0 Å². The van der Waals surface area contributed by atoms with Crippen LogP contribution in [0.25, 0.3) is 0 Å². The van der Waals surface area contributed by atoms with Crippen LogP contribution in [0.4, 0.5) is 0 Å². The van der Waals surface area contributed by atoms with Crippen molar-refractivity contribution in [1.82, 2.24) is 13.7 Å². The van der Waals surface area contributed by atoms with Gasteiger partial charge in [-0.25, -0.2) is 28.1 Å². The van der Waals surface area contributed by atoms with Gasteiger partial charge in [0.15, 0.2) is 0 Å². The van der Waals surface area contributed by atoms with Gasteiger partial charge in [-0.1, -0.05) is 51.1 Å². The van der Waals surface area contributed by atoms with Crippen LogP contribution in [0.5, 0.6) is 0 Å². The Hall–Kier alpha value is -1.93. The predicted molar refractivity (Wildman–Crippen MR) is 107 cm³/mol. The third-order valence-corrected chi connectivity index (χ3v) is 11.6. The van der Waals surface area contributed by atoms with Gasteiger partial charge in [0.25, 0.3) is 0 Å². The third kappa shape index (κ3) is 4.24. The van der Waals surface area contributed by atoms with Crippen LogP contribution in [0, 0.1) is 0 Å². The van der Waals surface area contributed by atoms with Crippen molar-refractivity contribution in [3.63, 3.8) is 0 Å². The summed E-state index contributed by atoms with van der Waals surface area (Å²) in [6.07, 6.45) is 2.89. The van der Waals surface area contributed by atoms with Crippen LogP contribution >= 0.6 is 0 Å². The van der Waals surface area contributed by atoms with E-state index in [2.05, 4.69) is 33.9 Å². The normalized spacial score (nSPS) is 12.8. The molecular formula is C18H31N3O4Si. The molecular weight excluding hydrogens is 350 g/mol. The van der Waals surface area contributed by atoms with Gasteiger partial charge in [0.05, 0.1) is 21.2 Å². The lowest BCUT2D eigenvalue weighted by Crippen LogP contribution is -2.55. The van der Waals surface area contributed by atoms with E-state index >= 15 is 0 Å². The number of ether oxygens (including phenoxy) is 1. The molecule has 0 bridgehead atoms. The lowest BCUT2D eigenvalue weighted by atomic mass is 10.5. The van der Waals surface area contributed by atoms with Crippen LogP contribution in [0.1, 0.15) is 27.7 Å². The van der Waals surface area contributed by atoms with Gasteiger partial charge in [0, 0.05) is 5.73 Å². The van der Waals surface area contributed by atoms with E-state index in [0.29, 0.717) is 0 Å². The topological polar surface area (TPSA) is 75.2 Å². The minimum atomic E-state index is -1.63. The number of hydrogen-bond donors (Lipinski definition) is 0. The van der Waals surface area contributed by atoms with Gasteiger partial charge in [0.2, 0.25) is 0 Å². The fourth-order valence-corrected chi connectivity index (χ4v) is 6.99. The lowest BCUT2D eigenvalue weighted by Gasteiger charge is -2.34. The van der Waals surface area contributed by atoms with E-state index in [9.17, 15) is 14.4 Å². The molecule has 1 atom stereocenters. The molecule has 1 unspecified atom stereocenters. The number of hydrogen-bond acceptors (Lipinski definition) is 4. The first-order valence-electron chi connectivity index (χ1n) is 9.11. The maximum absolute atomic E-state index is 12.6. The fraction of sp³-hybridized carbons (Fsp3) is 0.611. The Morgan fingerprint density at radius 1 is 0.885 bits per heavy atom. The quantitative estimate of drug-likeness (QED) is 0.434. The highest BCUT2D eigenvalue weighted by Crippen LogP contribution is 2.26. The summed E-state index contributed by atoms with van der Waals surface area (Å²) in [7, 11) is -1.63. The van der Waals surface area contributed by atoms with Gasteiger partial charge in [-0.15, -0.1) is 13.2 Å². The standard InChI is InChI=1S/C18H31N3O4Si/c1-7-12-19-16(22)20(13-8-2)18(24)21(17(19)23)14-25-15(6)26(9-3,10-4)11-5/h7-8,15H,1-2,9-14H2,3-6H3. The highest BCUT2D eigenvalue weighted by molar-refractivity contribution is 6.80. The van der Waals surface area contributed by atoms with Crippen molar-refractivity contribution < 1.29 is 4.74 Å². The summed E-state index contributed by atoms with van der Waals surface area (Å²) < 4.78 is 8.92. The molecule has 146 valence electrons. The average Bonchev–Trinajstić information content (AvgIpc) is 2.64. The molecule has 1 heterocycles. The van der Waals surface area contributed by atoms with Gasteiger partial charge in [-0.05, 0) is 6.92 Å². The van der Waals surface area contributed by atoms with Crippen molar-refractivity contribution in [1.29, 1.82) is 0 Å². The van der Waals surface area contributed by atoms with E-state index in [1.807, 2.05) is 6.92 Å². The molecule has 0 amide bonds. The van der Waals surface area contributed by atoms with Crippen LogP contribution < -0.4 is 17.1 Å². The molecule has 1 rings (SSSR count). The number of allylic oxidation sites excluding steroid dienone is 2. The Morgan fingerprint density at radius 2 is 1.27 bits per heavy atom. The van der Waals surface area contributed by atoms with Crippen LogP contribution in [0.2, 0.25) is 18.1 Å². The SMILES string of the molecule is C=CCn1c(=O)n(CC=C)c(=O)n(COC(C)[Si](CC)(CC)CC)c1=O. The van der Waals surface area contributed by atoms with Crippen molar-refractivity contribution in [3.8, 4) is 0 Å². The molecule has 8 heteroatoms. The monoisotopic (exact) mass is 381 g/mol. The van der Waals surface area contributed by atoms with E-state index in [0.717, 1.165) is 31.8 Å². The first-order chi connectivity index (χ1) is 12.3. The van der Waals surface area contributed by atoms with Gasteiger partial charge >= 0.3 is 17.1 Å². The van der Waals surface area contributed by atoms with Crippen molar-refractivity contribution in [2.75, 3.05) is 0 Å². The third-order valence-electron chi connectivity index (χ3n) is 5.44. The van der Waals surface area contributed by atoms with Gasteiger partial charge < -0.3 is 4.74 Å². The van der Waals surface area contributed by atoms with E-state index in [-0.39, 0.29) is 25.5 Å². The van der Waals surface area contributed by atoms with Crippen LogP contribution in [-0.4, -0.2) is 27.5 Å². The van der Waals surface area contributed by atoms with E-state index in [1.165, 1.54) is 12.2 Å². The molecule has 7 nitrogen and oxygen atoms in total. The molecule has 0 aliphatic rings. The maximum Gasteiger partial charge on any atom is 0.338 e.